The molecule has 0 aromatic heterocycles. The first-order valence-corrected chi connectivity index (χ1v) is 5.25. The van der Waals surface area contributed by atoms with Gasteiger partial charge in [0.15, 0.2) is 0 Å². The molecule has 0 heterocycles. The number of carbonyl (C=O) groups is 1. The van der Waals surface area contributed by atoms with Gasteiger partial charge in [0.25, 0.3) is 0 Å². The van der Waals surface area contributed by atoms with Crippen LogP contribution < -0.4 is 0 Å². The van der Waals surface area contributed by atoms with Crippen molar-refractivity contribution in [1.82, 2.24) is 0 Å². The highest BCUT2D eigenvalue weighted by atomic mass is 16.5. The zero-order valence-electron chi connectivity index (χ0n) is 9.38. The minimum absolute atomic E-state index is 0.171. The van der Waals surface area contributed by atoms with Crippen molar-refractivity contribution in [2.45, 2.75) is 52.6 Å². The summed E-state index contributed by atoms with van der Waals surface area (Å²) >= 11 is 0. The predicted molar refractivity (Wildman–Crippen MR) is 58.0 cm³/mol. The summed E-state index contributed by atoms with van der Waals surface area (Å²) in [5.41, 5.74) is 3.02. The number of esters is 1. The Morgan fingerprint density at radius 2 is 2.21 bits per heavy atom. The first-order valence-electron chi connectivity index (χ1n) is 5.25. The highest BCUT2D eigenvalue weighted by molar-refractivity contribution is 5.66. The third kappa shape index (κ3) is 9.08. The average molecular weight is 196 g/mol. The van der Waals surface area contributed by atoms with E-state index in [1.54, 1.807) is 6.08 Å². The topological polar surface area (TPSA) is 26.3 Å². The molecule has 0 saturated carbocycles. The van der Waals surface area contributed by atoms with Crippen LogP contribution in [0.15, 0.2) is 17.9 Å². The van der Waals surface area contributed by atoms with Gasteiger partial charge in [0.05, 0.1) is 0 Å². The van der Waals surface area contributed by atoms with Crippen LogP contribution in [0.2, 0.25) is 0 Å². The summed E-state index contributed by atoms with van der Waals surface area (Å²) in [5, 5.41) is 0. The lowest BCUT2D eigenvalue weighted by atomic mass is 10.2. The Hall–Kier alpha value is -1.01. The van der Waals surface area contributed by atoms with Gasteiger partial charge in [0.2, 0.25) is 0 Å². The van der Waals surface area contributed by atoms with Crippen LogP contribution in [0.1, 0.15) is 46.5 Å². The van der Waals surface area contributed by atoms with Gasteiger partial charge in [-0.2, -0.15) is 0 Å². The largest absolute Gasteiger partial charge is 0.458 e. The number of carbonyl (C=O) groups excluding carboxylic acids is 1. The van der Waals surface area contributed by atoms with Crippen LogP contribution in [0.4, 0.5) is 0 Å². The van der Waals surface area contributed by atoms with E-state index in [-0.39, 0.29) is 12.1 Å². The first-order chi connectivity index (χ1) is 6.66. The molecule has 14 heavy (non-hydrogen) atoms. The fourth-order valence-corrected chi connectivity index (χ4v) is 1.08. The summed E-state index contributed by atoms with van der Waals surface area (Å²) in [6.07, 6.45) is 8.35. The van der Waals surface area contributed by atoms with Gasteiger partial charge in [-0.25, -0.2) is 0 Å². The smallest absolute Gasteiger partial charge is 0.303 e. The van der Waals surface area contributed by atoms with Crippen molar-refractivity contribution in [1.29, 1.82) is 0 Å². The maximum atomic E-state index is 10.5. The van der Waals surface area contributed by atoms with Crippen LogP contribution >= 0.6 is 0 Å². The van der Waals surface area contributed by atoms with Crippen molar-refractivity contribution >= 4 is 5.97 Å². The quantitative estimate of drug-likeness (QED) is 0.370. The second kappa shape index (κ2) is 8.58. The van der Waals surface area contributed by atoms with E-state index < -0.39 is 0 Å². The summed E-state index contributed by atoms with van der Waals surface area (Å²) < 4.78 is 4.90. The molecule has 0 aromatic carbocycles. The molecule has 0 bridgehead atoms. The van der Waals surface area contributed by atoms with Gasteiger partial charge in [-0.15, -0.1) is 5.73 Å². The number of rotatable bonds is 6. The summed E-state index contributed by atoms with van der Waals surface area (Å²) in [6, 6.07) is 0. The van der Waals surface area contributed by atoms with Crippen molar-refractivity contribution in [3.8, 4) is 0 Å². The lowest BCUT2D eigenvalue weighted by Crippen LogP contribution is -2.08. The van der Waals surface area contributed by atoms with Crippen LogP contribution in [-0.4, -0.2) is 12.1 Å². The summed E-state index contributed by atoms with van der Waals surface area (Å²) in [5.74, 6) is -0.249. The molecule has 1 unspecified atom stereocenters. The molecule has 0 radical (unpaired) electrons. The van der Waals surface area contributed by atoms with Gasteiger partial charge in [-0.1, -0.05) is 19.8 Å². The predicted octanol–water partition coefficient (Wildman–Crippen LogP) is 3.23. The molecular weight excluding hydrogens is 176 g/mol. The van der Waals surface area contributed by atoms with Crippen LogP contribution in [0.3, 0.4) is 0 Å². The van der Waals surface area contributed by atoms with Gasteiger partial charge in [-0.05, 0) is 31.9 Å². The molecule has 0 aliphatic carbocycles. The van der Waals surface area contributed by atoms with Crippen molar-refractivity contribution in [2.24, 2.45) is 0 Å². The Balaban J connectivity index is 3.62. The van der Waals surface area contributed by atoms with Crippen molar-refractivity contribution in [2.75, 3.05) is 0 Å². The molecule has 0 aromatic rings. The molecule has 0 aliphatic heterocycles. The minimum atomic E-state index is -0.249. The second-order valence-corrected chi connectivity index (χ2v) is 3.35. The zero-order chi connectivity index (χ0) is 10.8. The third-order valence-electron chi connectivity index (χ3n) is 1.75. The molecule has 0 amide bonds. The van der Waals surface area contributed by atoms with E-state index in [9.17, 15) is 4.79 Å². The van der Waals surface area contributed by atoms with E-state index in [4.69, 9.17) is 4.74 Å². The van der Waals surface area contributed by atoms with Crippen molar-refractivity contribution in [3.63, 3.8) is 0 Å². The molecule has 0 saturated heterocycles. The van der Waals surface area contributed by atoms with Crippen molar-refractivity contribution < 1.29 is 9.53 Å². The van der Waals surface area contributed by atoms with E-state index in [1.807, 2.05) is 13.0 Å². The van der Waals surface area contributed by atoms with E-state index in [0.717, 1.165) is 6.42 Å². The summed E-state index contributed by atoms with van der Waals surface area (Å²) in [6.45, 7) is 5.42. The molecule has 2 heteroatoms. The number of hydrogen-bond acceptors (Lipinski definition) is 2. The normalized spacial score (nSPS) is 11.4. The summed E-state index contributed by atoms with van der Waals surface area (Å²) in [7, 11) is 0. The number of hydrogen-bond donors (Lipinski definition) is 0. The Morgan fingerprint density at radius 3 is 2.79 bits per heavy atom. The van der Waals surface area contributed by atoms with Crippen LogP contribution in [0.5, 0.6) is 0 Å². The zero-order valence-corrected chi connectivity index (χ0v) is 9.38. The van der Waals surface area contributed by atoms with Crippen LogP contribution in [0, 0.1) is 0 Å². The van der Waals surface area contributed by atoms with Gasteiger partial charge < -0.3 is 4.74 Å². The third-order valence-corrected chi connectivity index (χ3v) is 1.75. The molecule has 0 aliphatic rings. The Morgan fingerprint density at radius 1 is 1.50 bits per heavy atom. The fourth-order valence-electron chi connectivity index (χ4n) is 1.08. The van der Waals surface area contributed by atoms with Crippen LogP contribution in [0.25, 0.3) is 0 Å². The Kier molecular flexibility index (Phi) is 7.96. The lowest BCUT2D eigenvalue weighted by molar-refractivity contribution is -0.143. The highest BCUT2D eigenvalue weighted by Gasteiger charge is 1.97. The van der Waals surface area contributed by atoms with Gasteiger partial charge >= 0.3 is 5.97 Å². The molecular formula is C12H20O2. The van der Waals surface area contributed by atoms with E-state index >= 15 is 0 Å². The number of ether oxygens (including phenoxy) is 1. The minimum Gasteiger partial charge on any atom is -0.458 e. The molecule has 0 spiro atoms. The Labute approximate surface area is 86.6 Å². The molecule has 0 fully saturated rings. The monoisotopic (exact) mass is 196 g/mol. The van der Waals surface area contributed by atoms with Gasteiger partial charge in [-0.3, -0.25) is 4.79 Å². The van der Waals surface area contributed by atoms with Crippen molar-refractivity contribution in [3.05, 3.63) is 17.9 Å². The second-order valence-electron chi connectivity index (χ2n) is 3.35. The fraction of sp³-hybridized carbons (Fsp3) is 0.667. The maximum Gasteiger partial charge on any atom is 0.303 e. The highest BCUT2D eigenvalue weighted by Crippen LogP contribution is 1.99. The first kappa shape index (κ1) is 13.0. The molecule has 0 N–H and O–H groups in total. The molecule has 2 nitrogen and oxygen atoms in total. The van der Waals surface area contributed by atoms with Gasteiger partial charge in [0, 0.05) is 6.92 Å². The SMILES string of the molecule is CCCCCC=C=CC(C)OC(C)=O. The Bertz CT molecular complexity index is 212. The molecule has 0 rings (SSSR count). The van der Waals surface area contributed by atoms with E-state index in [0.29, 0.717) is 0 Å². The molecule has 1 atom stereocenters. The summed E-state index contributed by atoms with van der Waals surface area (Å²) in [4.78, 5) is 10.5. The van der Waals surface area contributed by atoms with E-state index in [2.05, 4.69) is 12.7 Å². The van der Waals surface area contributed by atoms with Gasteiger partial charge in [0.1, 0.15) is 6.10 Å². The van der Waals surface area contributed by atoms with Crippen LogP contribution in [-0.2, 0) is 9.53 Å². The maximum absolute atomic E-state index is 10.5. The molecule has 80 valence electrons. The standard InChI is InChI=1S/C12H20O2/c1-4-5-6-7-8-9-10-11(2)14-12(3)13/h8,10-11H,4-7H2,1-3H3. The number of unbranched alkanes of at least 4 members (excludes halogenated alkanes) is 3. The van der Waals surface area contributed by atoms with E-state index in [1.165, 1.54) is 26.2 Å². The lowest BCUT2D eigenvalue weighted by Gasteiger charge is -2.03. The average Bonchev–Trinajstić information content (AvgIpc) is 2.10.